The van der Waals surface area contributed by atoms with Crippen LogP contribution in [0.3, 0.4) is 0 Å². The van der Waals surface area contributed by atoms with Gasteiger partial charge in [-0.2, -0.15) is 0 Å². The summed E-state index contributed by atoms with van der Waals surface area (Å²) in [5, 5.41) is 11.5. The van der Waals surface area contributed by atoms with Crippen molar-refractivity contribution in [2.24, 2.45) is 5.92 Å². The normalized spacial score (nSPS) is 14.5. The predicted molar refractivity (Wildman–Crippen MR) is 112 cm³/mol. The molecule has 1 aliphatic rings. The third kappa shape index (κ3) is 7.07. The zero-order valence-corrected chi connectivity index (χ0v) is 20.6. The Morgan fingerprint density at radius 3 is 2.23 bits per heavy atom. The van der Waals surface area contributed by atoms with Crippen molar-refractivity contribution in [3.05, 3.63) is 59.2 Å². The van der Waals surface area contributed by atoms with Crippen LogP contribution in [0.25, 0.3) is 0 Å². The zero-order chi connectivity index (χ0) is 21.5. The summed E-state index contributed by atoms with van der Waals surface area (Å²) in [4.78, 5) is 26.6. The molecule has 0 aromatic heterocycles. The van der Waals surface area contributed by atoms with Crippen LogP contribution in [0.15, 0.2) is 42.5 Å². The number of ketones is 1. The number of hydrogen-bond acceptors (Lipinski definition) is 6. The van der Waals surface area contributed by atoms with Crippen molar-refractivity contribution in [2.75, 3.05) is 27.3 Å². The van der Waals surface area contributed by atoms with Crippen LogP contribution in [0.5, 0.6) is 11.5 Å². The van der Waals surface area contributed by atoms with Crippen molar-refractivity contribution in [3.8, 4) is 11.5 Å². The summed E-state index contributed by atoms with van der Waals surface area (Å²) in [6.07, 6.45) is 2.45. The van der Waals surface area contributed by atoms with Gasteiger partial charge in [-0.3, -0.25) is 9.69 Å². The summed E-state index contributed by atoms with van der Waals surface area (Å²) in [6.45, 7) is 2.86. The molecule has 3 rings (SSSR count). The van der Waals surface area contributed by atoms with E-state index < -0.39 is 5.97 Å². The SMILES string of the molecule is COc1cc(CC(=O)CC2CCN(Cc3ccccc3)CC2)c(C(=O)[O-])cc1OC.[Na+]. The van der Waals surface area contributed by atoms with Gasteiger partial charge in [0, 0.05) is 24.9 Å². The number of nitrogens with zero attached hydrogens (tertiary/aromatic N) is 1. The number of carboxylic acids is 1. The largest absolute Gasteiger partial charge is 1.00 e. The quantitative estimate of drug-likeness (QED) is 0.496. The van der Waals surface area contributed by atoms with Gasteiger partial charge >= 0.3 is 29.6 Å². The van der Waals surface area contributed by atoms with Gasteiger partial charge in [0.15, 0.2) is 11.5 Å². The van der Waals surface area contributed by atoms with Crippen molar-refractivity contribution < 1.29 is 53.7 Å². The van der Waals surface area contributed by atoms with Crippen LogP contribution in [0, 0.1) is 5.92 Å². The van der Waals surface area contributed by atoms with Gasteiger partial charge < -0.3 is 19.4 Å². The number of aromatic carboxylic acids is 1. The standard InChI is InChI=1S/C24H29NO5.Na/c1-29-22-14-19(21(24(27)28)15-23(22)30-2)13-20(26)12-17-8-10-25(11-9-17)16-18-6-4-3-5-7-18;/h3-7,14-15,17H,8-13,16H2,1-2H3,(H,27,28);/q;+1/p-1. The van der Waals surface area contributed by atoms with Crippen LogP contribution >= 0.6 is 0 Å². The summed E-state index contributed by atoms with van der Waals surface area (Å²) in [5.41, 5.74) is 1.67. The van der Waals surface area contributed by atoms with Crippen molar-refractivity contribution in [2.45, 2.75) is 32.2 Å². The third-order valence-electron chi connectivity index (χ3n) is 5.69. The summed E-state index contributed by atoms with van der Waals surface area (Å²) in [7, 11) is 2.91. The number of likely N-dealkylation sites (tertiary alicyclic amines) is 1. The maximum absolute atomic E-state index is 12.7. The second-order valence-corrected chi connectivity index (χ2v) is 7.78. The number of carbonyl (C=O) groups excluding carboxylic acids is 2. The molecule has 1 heterocycles. The van der Waals surface area contributed by atoms with Crippen LogP contribution in [-0.4, -0.2) is 44.0 Å². The van der Waals surface area contributed by atoms with Gasteiger partial charge in [0.2, 0.25) is 0 Å². The molecule has 0 N–H and O–H groups in total. The van der Waals surface area contributed by atoms with E-state index in [1.807, 2.05) is 6.07 Å². The minimum absolute atomic E-state index is 0. The topological polar surface area (TPSA) is 78.9 Å². The Balaban J connectivity index is 0.00000341. The predicted octanol–water partition coefficient (Wildman–Crippen LogP) is -0.515. The molecule has 160 valence electrons. The third-order valence-corrected chi connectivity index (χ3v) is 5.69. The molecule has 1 fully saturated rings. The van der Waals surface area contributed by atoms with Crippen molar-refractivity contribution in [3.63, 3.8) is 0 Å². The Morgan fingerprint density at radius 1 is 1.03 bits per heavy atom. The van der Waals surface area contributed by atoms with Crippen LogP contribution in [0.1, 0.15) is 40.7 Å². The number of hydrogen-bond donors (Lipinski definition) is 0. The van der Waals surface area contributed by atoms with E-state index in [1.54, 1.807) is 6.07 Å². The molecule has 0 atom stereocenters. The fourth-order valence-corrected chi connectivity index (χ4v) is 4.05. The summed E-state index contributed by atoms with van der Waals surface area (Å²) >= 11 is 0. The van der Waals surface area contributed by atoms with Crippen LogP contribution in [-0.2, 0) is 17.8 Å². The molecule has 2 aromatic carbocycles. The number of rotatable bonds is 9. The van der Waals surface area contributed by atoms with Crippen LogP contribution in [0.2, 0.25) is 0 Å². The Hall–Kier alpha value is -1.86. The molecule has 31 heavy (non-hydrogen) atoms. The van der Waals surface area contributed by atoms with Gasteiger partial charge in [-0.25, -0.2) is 0 Å². The molecule has 0 spiro atoms. The number of ether oxygens (including phenoxy) is 2. The van der Waals surface area contributed by atoms with Crippen LogP contribution < -0.4 is 44.1 Å². The molecule has 0 aliphatic carbocycles. The van der Waals surface area contributed by atoms with Gasteiger partial charge in [-0.15, -0.1) is 0 Å². The average Bonchev–Trinajstić information content (AvgIpc) is 2.75. The number of carboxylic acid groups (broad SMARTS) is 1. The van der Waals surface area contributed by atoms with Crippen molar-refractivity contribution in [1.29, 1.82) is 0 Å². The van der Waals surface area contributed by atoms with Gasteiger partial charge in [-0.1, -0.05) is 30.3 Å². The molecular formula is C24H28NNaO5. The molecule has 2 aromatic rings. The molecule has 0 unspecified atom stereocenters. The number of piperidine rings is 1. The smallest absolute Gasteiger partial charge is 0.545 e. The van der Waals surface area contributed by atoms with E-state index in [4.69, 9.17) is 9.47 Å². The molecule has 1 saturated heterocycles. The van der Waals surface area contributed by atoms with E-state index in [1.165, 1.54) is 25.8 Å². The van der Waals surface area contributed by atoms with Crippen LogP contribution in [0.4, 0.5) is 0 Å². The summed E-state index contributed by atoms with van der Waals surface area (Å²) in [5.74, 6) is -0.256. The molecular weight excluding hydrogens is 405 g/mol. The molecule has 0 saturated carbocycles. The van der Waals surface area contributed by atoms with Crippen molar-refractivity contribution in [1.82, 2.24) is 4.90 Å². The van der Waals surface area contributed by atoms with Gasteiger partial charge in [0.1, 0.15) is 5.78 Å². The minimum atomic E-state index is -1.33. The first kappa shape index (κ1) is 25.4. The second kappa shape index (κ2) is 12.2. The van der Waals surface area contributed by atoms with Crippen molar-refractivity contribution >= 4 is 11.8 Å². The van der Waals surface area contributed by atoms with E-state index in [0.717, 1.165) is 32.5 Å². The Kier molecular flexibility index (Phi) is 10.0. The number of carbonyl (C=O) groups is 2. The molecule has 0 radical (unpaired) electrons. The maximum Gasteiger partial charge on any atom is 1.00 e. The fourth-order valence-electron chi connectivity index (χ4n) is 4.05. The first-order valence-corrected chi connectivity index (χ1v) is 10.2. The van der Waals surface area contributed by atoms with E-state index in [0.29, 0.717) is 29.4 Å². The fraction of sp³-hybridized carbons (Fsp3) is 0.417. The molecule has 1 aliphatic heterocycles. The average molecular weight is 433 g/mol. The number of benzene rings is 2. The Bertz CT molecular complexity index is 879. The van der Waals surface area contributed by atoms with Gasteiger partial charge in [0.05, 0.1) is 20.2 Å². The molecule has 0 bridgehead atoms. The Morgan fingerprint density at radius 2 is 1.65 bits per heavy atom. The summed E-state index contributed by atoms with van der Waals surface area (Å²) < 4.78 is 10.4. The number of Topliss-reactive ketones (excluding diaryl/α,β-unsaturated/α-hetero) is 1. The first-order valence-electron chi connectivity index (χ1n) is 10.2. The minimum Gasteiger partial charge on any atom is -0.545 e. The zero-order valence-electron chi connectivity index (χ0n) is 18.6. The monoisotopic (exact) mass is 433 g/mol. The van der Waals surface area contributed by atoms with E-state index in [2.05, 4.69) is 29.2 Å². The Labute approximate surface area is 205 Å². The van der Waals surface area contributed by atoms with E-state index in [-0.39, 0.29) is 47.3 Å². The maximum atomic E-state index is 12.7. The molecule has 6 nitrogen and oxygen atoms in total. The second-order valence-electron chi connectivity index (χ2n) is 7.78. The summed E-state index contributed by atoms with van der Waals surface area (Å²) in [6, 6.07) is 13.3. The van der Waals surface area contributed by atoms with Gasteiger partial charge in [-0.05, 0) is 55.1 Å². The van der Waals surface area contributed by atoms with Gasteiger partial charge in [0.25, 0.3) is 0 Å². The molecule has 7 heteroatoms. The first-order chi connectivity index (χ1) is 14.5. The van der Waals surface area contributed by atoms with E-state index in [9.17, 15) is 14.7 Å². The van der Waals surface area contributed by atoms with E-state index >= 15 is 0 Å². The molecule has 0 amide bonds. The number of methoxy groups -OCH3 is 2.